The van der Waals surface area contributed by atoms with E-state index in [9.17, 15) is 4.79 Å². The van der Waals surface area contributed by atoms with Crippen LogP contribution in [-0.2, 0) is 4.74 Å². The first-order valence-electron chi connectivity index (χ1n) is 7.57. The molecule has 24 heavy (non-hydrogen) atoms. The van der Waals surface area contributed by atoms with Gasteiger partial charge in [0.2, 0.25) is 0 Å². The first kappa shape index (κ1) is 18.6. The molecule has 0 radical (unpaired) electrons. The Labute approximate surface area is 153 Å². The molecule has 0 spiro atoms. The number of hydrogen-bond donors (Lipinski definition) is 1. The summed E-state index contributed by atoms with van der Waals surface area (Å²) in [6.45, 7) is 3.45. The van der Waals surface area contributed by atoms with E-state index >= 15 is 0 Å². The molecule has 0 aromatic heterocycles. The van der Waals surface area contributed by atoms with Gasteiger partial charge in [-0.25, -0.2) is 0 Å². The van der Waals surface area contributed by atoms with E-state index in [1.54, 1.807) is 17.0 Å². The maximum absolute atomic E-state index is 12.8. The number of carbonyl (C=O) groups is 1. The number of halogens is 2. The van der Waals surface area contributed by atoms with E-state index in [2.05, 4.69) is 0 Å². The van der Waals surface area contributed by atoms with Crippen molar-refractivity contribution in [3.05, 3.63) is 64.2 Å². The first-order chi connectivity index (χ1) is 11.1. The van der Waals surface area contributed by atoms with E-state index in [-0.39, 0.29) is 24.4 Å². The van der Waals surface area contributed by atoms with Crippen LogP contribution in [0.2, 0.25) is 5.02 Å². The number of benzene rings is 2. The first-order valence-corrected chi connectivity index (χ1v) is 7.95. The van der Waals surface area contributed by atoms with Crippen molar-refractivity contribution < 1.29 is 9.53 Å². The summed E-state index contributed by atoms with van der Waals surface area (Å²) in [4.78, 5) is 14.6. The highest BCUT2D eigenvalue weighted by Gasteiger charge is 2.27. The lowest BCUT2D eigenvalue weighted by Crippen LogP contribution is -2.42. The molecule has 1 saturated heterocycles. The predicted octanol–water partition coefficient (Wildman–Crippen LogP) is 3.87. The Morgan fingerprint density at radius 1 is 1.29 bits per heavy atom. The van der Waals surface area contributed by atoms with Gasteiger partial charge in [0, 0.05) is 28.4 Å². The Balaban J connectivity index is 0.00000208. The Morgan fingerprint density at radius 3 is 2.79 bits per heavy atom. The van der Waals surface area contributed by atoms with E-state index in [0.717, 1.165) is 11.1 Å². The highest BCUT2D eigenvalue weighted by Crippen LogP contribution is 2.29. The second kappa shape index (κ2) is 7.88. The van der Waals surface area contributed by atoms with Crippen LogP contribution in [0.15, 0.2) is 42.5 Å². The third-order valence-electron chi connectivity index (χ3n) is 4.10. The molecule has 1 aliphatic heterocycles. The van der Waals surface area contributed by atoms with Crippen molar-refractivity contribution in [2.24, 2.45) is 0 Å². The van der Waals surface area contributed by atoms with E-state index in [1.165, 1.54) is 0 Å². The molecular formula is C18H20Cl2N2O2. The lowest BCUT2D eigenvalue weighted by Gasteiger charge is -2.34. The molecule has 1 unspecified atom stereocenters. The highest BCUT2D eigenvalue weighted by molar-refractivity contribution is 6.31. The summed E-state index contributed by atoms with van der Waals surface area (Å²) >= 11 is 6.25. The average molecular weight is 367 g/mol. The summed E-state index contributed by atoms with van der Waals surface area (Å²) in [5.74, 6) is -0.0184. The number of ether oxygens (including phenoxy) is 1. The van der Waals surface area contributed by atoms with Crippen molar-refractivity contribution >= 4 is 35.6 Å². The number of aryl methyl sites for hydroxylation is 1. The van der Waals surface area contributed by atoms with Crippen molar-refractivity contribution in [1.82, 2.24) is 4.90 Å². The van der Waals surface area contributed by atoms with Crippen LogP contribution in [0.25, 0.3) is 0 Å². The Hall–Kier alpha value is -1.75. The predicted molar refractivity (Wildman–Crippen MR) is 98.9 cm³/mol. The highest BCUT2D eigenvalue weighted by atomic mass is 35.5. The van der Waals surface area contributed by atoms with Crippen molar-refractivity contribution in [2.45, 2.75) is 13.0 Å². The fourth-order valence-corrected chi connectivity index (χ4v) is 3.06. The molecule has 1 amide bonds. The fourth-order valence-electron chi connectivity index (χ4n) is 2.80. The van der Waals surface area contributed by atoms with Crippen molar-refractivity contribution in [1.29, 1.82) is 0 Å². The molecule has 1 fully saturated rings. The van der Waals surface area contributed by atoms with Gasteiger partial charge in [0.25, 0.3) is 5.91 Å². The Kier molecular flexibility index (Phi) is 6.10. The normalized spacial score (nSPS) is 17.2. The fraction of sp³-hybridized carbons (Fsp3) is 0.278. The molecule has 2 N–H and O–H groups in total. The number of hydrogen-bond acceptors (Lipinski definition) is 3. The zero-order valence-corrected chi connectivity index (χ0v) is 14.9. The zero-order chi connectivity index (χ0) is 16.4. The topological polar surface area (TPSA) is 55.6 Å². The molecule has 0 bridgehead atoms. The van der Waals surface area contributed by atoms with Gasteiger partial charge in [-0.3, -0.25) is 4.79 Å². The smallest absolute Gasteiger partial charge is 0.254 e. The van der Waals surface area contributed by atoms with E-state index in [1.807, 2.05) is 37.3 Å². The van der Waals surface area contributed by atoms with Crippen LogP contribution in [0.5, 0.6) is 0 Å². The molecule has 4 nitrogen and oxygen atoms in total. The van der Waals surface area contributed by atoms with Gasteiger partial charge in [-0.05, 0) is 30.7 Å². The molecule has 128 valence electrons. The molecule has 1 heterocycles. The molecule has 2 aromatic carbocycles. The van der Waals surface area contributed by atoms with Gasteiger partial charge in [0.05, 0.1) is 13.2 Å². The van der Waals surface area contributed by atoms with Gasteiger partial charge < -0.3 is 15.4 Å². The number of rotatable bonds is 2. The average Bonchev–Trinajstić information content (AvgIpc) is 2.57. The Bertz CT molecular complexity index is 737. The minimum Gasteiger partial charge on any atom is -0.399 e. The van der Waals surface area contributed by atoms with Gasteiger partial charge in [0.1, 0.15) is 6.10 Å². The third-order valence-corrected chi connectivity index (χ3v) is 4.44. The SMILES string of the molecule is Cc1ccc(N)cc1C(=O)N1CCOC(c2ccccc2Cl)C1.Cl. The van der Waals surface area contributed by atoms with Gasteiger partial charge in [-0.1, -0.05) is 35.9 Å². The Morgan fingerprint density at radius 2 is 2.04 bits per heavy atom. The molecule has 1 atom stereocenters. The maximum Gasteiger partial charge on any atom is 0.254 e. The van der Waals surface area contributed by atoms with Crippen LogP contribution in [0.1, 0.15) is 27.6 Å². The van der Waals surface area contributed by atoms with Crippen LogP contribution in [-0.4, -0.2) is 30.5 Å². The standard InChI is InChI=1S/C18H19ClN2O2.ClH/c1-12-6-7-13(20)10-15(12)18(22)21-8-9-23-17(11-21)14-4-2-3-5-16(14)19;/h2-7,10,17H,8-9,11,20H2,1H3;1H. The summed E-state index contributed by atoms with van der Waals surface area (Å²) in [6.07, 6.45) is -0.206. The second-order valence-corrected chi connectivity index (χ2v) is 6.11. The summed E-state index contributed by atoms with van der Waals surface area (Å²) < 4.78 is 5.81. The van der Waals surface area contributed by atoms with Crippen molar-refractivity contribution in [3.63, 3.8) is 0 Å². The largest absolute Gasteiger partial charge is 0.399 e. The van der Waals surface area contributed by atoms with Crippen molar-refractivity contribution in [2.75, 3.05) is 25.4 Å². The van der Waals surface area contributed by atoms with Gasteiger partial charge in [-0.15, -0.1) is 12.4 Å². The quantitative estimate of drug-likeness (QED) is 0.820. The van der Waals surface area contributed by atoms with Crippen LogP contribution in [0.4, 0.5) is 5.69 Å². The lowest BCUT2D eigenvalue weighted by molar-refractivity contribution is -0.0228. The number of amides is 1. The summed E-state index contributed by atoms with van der Waals surface area (Å²) in [5.41, 5.74) is 8.89. The number of nitrogens with two attached hydrogens (primary N) is 1. The molecule has 1 aliphatic rings. The summed E-state index contributed by atoms with van der Waals surface area (Å²) in [5, 5.41) is 0.659. The minimum absolute atomic E-state index is 0. The number of morpholine rings is 1. The zero-order valence-electron chi connectivity index (χ0n) is 13.4. The third kappa shape index (κ3) is 3.83. The van der Waals surface area contributed by atoms with Gasteiger partial charge >= 0.3 is 0 Å². The van der Waals surface area contributed by atoms with Gasteiger partial charge in [-0.2, -0.15) is 0 Å². The summed E-state index contributed by atoms with van der Waals surface area (Å²) in [6, 6.07) is 13.0. The van der Waals surface area contributed by atoms with E-state index in [4.69, 9.17) is 22.1 Å². The second-order valence-electron chi connectivity index (χ2n) is 5.71. The van der Waals surface area contributed by atoms with Crippen LogP contribution in [0, 0.1) is 6.92 Å². The van der Waals surface area contributed by atoms with Gasteiger partial charge in [0.15, 0.2) is 0 Å². The lowest BCUT2D eigenvalue weighted by atomic mass is 10.0. The van der Waals surface area contributed by atoms with E-state index < -0.39 is 0 Å². The number of nitrogens with zero attached hydrogens (tertiary/aromatic N) is 1. The molecule has 2 aromatic rings. The van der Waals surface area contributed by atoms with Crippen LogP contribution < -0.4 is 5.73 Å². The molecule has 6 heteroatoms. The number of anilines is 1. The molecule has 0 saturated carbocycles. The maximum atomic E-state index is 12.8. The van der Waals surface area contributed by atoms with Crippen LogP contribution in [0.3, 0.4) is 0 Å². The van der Waals surface area contributed by atoms with Crippen molar-refractivity contribution in [3.8, 4) is 0 Å². The monoisotopic (exact) mass is 366 g/mol. The molecular weight excluding hydrogens is 347 g/mol. The molecule has 3 rings (SSSR count). The minimum atomic E-state index is -0.206. The summed E-state index contributed by atoms with van der Waals surface area (Å²) in [7, 11) is 0. The van der Waals surface area contributed by atoms with Crippen LogP contribution >= 0.6 is 24.0 Å². The van der Waals surface area contributed by atoms with E-state index in [0.29, 0.717) is 36.0 Å². The number of carbonyl (C=O) groups excluding carboxylic acids is 1. The number of nitrogen functional groups attached to an aromatic ring is 1. The molecule has 0 aliphatic carbocycles.